The van der Waals surface area contributed by atoms with E-state index in [1.165, 1.54) is 0 Å². The van der Waals surface area contributed by atoms with Crippen molar-refractivity contribution in [3.05, 3.63) is 64.2 Å². The highest BCUT2D eigenvalue weighted by atomic mass is 35.5. The van der Waals surface area contributed by atoms with Gasteiger partial charge in [-0.05, 0) is 48.2 Å². The normalized spacial score (nSPS) is 22.6. The molecule has 2 aliphatic rings. The zero-order valence-electron chi connectivity index (χ0n) is 15.0. The van der Waals surface area contributed by atoms with Gasteiger partial charge in [0, 0.05) is 11.5 Å². The summed E-state index contributed by atoms with van der Waals surface area (Å²) in [6, 6.07) is 8.85. The Kier molecular flexibility index (Phi) is 4.48. The lowest BCUT2D eigenvalue weighted by atomic mass is 9.75. The van der Waals surface area contributed by atoms with Gasteiger partial charge in [-0.1, -0.05) is 23.8 Å². The molecule has 2 N–H and O–H groups in total. The van der Waals surface area contributed by atoms with E-state index in [4.69, 9.17) is 21.1 Å². The number of carboxylic acid groups (broad SMARTS) is 1. The molecule has 0 unspecified atom stereocenters. The summed E-state index contributed by atoms with van der Waals surface area (Å²) in [5, 5.41) is 13.7. The van der Waals surface area contributed by atoms with Crippen molar-refractivity contribution in [1.82, 2.24) is 0 Å². The molecule has 0 radical (unpaired) electrons. The van der Waals surface area contributed by atoms with Crippen LogP contribution in [-0.4, -0.2) is 25.3 Å². The number of aromatic carboxylic acids is 1. The zero-order chi connectivity index (χ0) is 19.1. The van der Waals surface area contributed by atoms with Gasteiger partial charge < -0.3 is 19.9 Å². The van der Waals surface area contributed by atoms with Crippen LogP contribution < -0.4 is 14.8 Å². The number of hydrogen-bond donors (Lipinski definition) is 2. The van der Waals surface area contributed by atoms with Crippen LogP contribution in [0, 0.1) is 5.92 Å². The minimum Gasteiger partial charge on any atom is -0.497 e. The Labute approximate surface area is 162 Å². The molecule has 0 spiro atoms. The predicted molar refractivity (Wildman–Crippen MR) is 104 cm³/mol. The van der Waals surface area contributed by atoms with Gasteiger partial charge in [-0.3, -0.25) is 0 Å². The van der Waals surface area contributed by atoms with E-state index in [9.17, 15) is 9.90 Å². The Balaban J connectivity index is 1.89. The molecule has 1 heterocycles. The minimum absolute atomic E-state index is 0.0213. The SMILES string of the molecule is COc1ccc(OC)c([C@H]2Nc3c(Cl)ccc(C(=O)O)c3[C@H]3C=CC[C@@H]32)c1. The molecule has 1 aliphatic heterocycles. The second kappa shape index (κ2) is 6.82. The monoisotopic (exact) mass is 385 g/mol. The van der Waals surface area contributed by atoms with E-state index in [1.807, 2.05) is 18.2 Å². The van der Waals surface area contributed by atoms with E-state index in [1.54, 1.807) is 26.4 Å². The van der Waals surface area contributed by atoms with E-state index in [-0.39, 0.29) is 17.9 Å². The molecule has 0 saturated heterocycles. The second-order valence-electron chi connectivity index (χ2n) is 6.77. The summed E-state index contributed by atoms with van der Waals surface area (Å²) < 4.78 is 11.0. The highest BCUT2D eigenvalue weighted by Gasteiger charge is 2.41. The van der Waals surface area contributed by atoms with Gasteiger partial charge in [0.2, 0.25) is 0 Å². The molecule has 27 heavy (non-hydrogen) atoms. The fourth-order valence-electron chi connectivity index (χ4n) is 4.25. The first kappa shape index (κ1) is 17.7. The van der Waals surface area contributed by atoms with E-state index >= 15 is 0 Å². The molecule has 0 aromatic heterocycles. The van der Waals surface area contributed by atoms with Gasteiger partial charge in [-0.15, -0.1) is 0 Å². The topological polar surface area (TPSA) is 67.8 Å². The van der Waals surface area contributed by atoms with Crippen LogP contribution in [-0.2, 0) is 0 Å². The lowest BCUT2D eigenvalue weighted by molar-refractivity contribution is 0.0695. The van der Waals surface area contributed by atoms with Crippen LogP contribution in [0.2, 0.25) is 5.02 Å². The summed E-state index contributed by atoms with van der Waals surface area (Å²) >= 11 is 6.46. The standard InChI is InChI=1S/C21H20ClNO4/c1-26-11-6-9-17(27-2)15(10-11)19-13-5-3-4-12(13)18-14(21(24)25)7-8-16(22)20(18)23-19/h3-4,6-10,12-13,19,23H,5H2,1-2H3,(H,24,25)/t12-,13-,19-/m0/s1. The highest BCUT2D eigenvalue weighted by Crippen LogP contribution is 2.54. The average Bonchev–Trinajstić information content (AvgIpc) is 3.17. The summed E-state index contributed by atoms with van der Waals surface area (Å²) in [7, 11) is 3.27. The quantitative estimate of drug-likeness (QED) is 0.734. The van der Waals surface area contributed by atoms with E-state index in [2.05, 4.69) is 17.5 Å². The molecule has 140 valence electrons. The van der Waals surface area contributed by atoms with Crippen LogP contribution >= 0.6 is 11.6 Å². The van der Waals surface area contributed by atoms with Gasteiger partial charge in [-0.25, -0.2) is 4.79 Å². The van der Waals surface area contributed by atoms with Gasteiger partial charge in [0.05, 0.1) is 36.5 Å². The summed E-state index contributed by atoms with van der Waals surface area (Å²) in [5.74, 6) is 0.697. The number of methoxy groups -OCH3 is 2. The molecule has 2 aromatic rings. The number of carbonyl (C=O) groups is 1. The molecule has 1 aliphatic carbocycles. The number of nitrogens with one attached hydrogen (secondary N) is 1. The van der Waals surface area contributed by atoms with Crippen LogP contribution in [0.4, 0.5) is 5.69 Å². The first-order chi connectivity index (χ1) is 13.0. The summed E-state index contributed by atoms with van der Waals surface area (Å²) in [5.41, 5.74) is 2.70. The predicted octanol–water partition coefficient (Wildman–Crippen LogP) is 4.88. The number of anilines is 1. The third-order valence-corrected chi connectivity index (χ3v) is 5.79. The minimum atomic E-state index is -0.943. The van der Waals surface area contributed by atoms with E-state index in [0.717, 1.165) is 29.0 Å². The van der Waals surface area contributed by atoms with Crippen LogP contribution in [0.3, 0.4) is 0 Å². The summed E-state index contributed by atoms with van der Waals surface area (Å²) in [6.45, 7) is 0. The second-order valence-corrected chi connectivity index (χ2v) is 7.18. The van der Waals surface area contributed by atoms with Gasteiger partial charge in [0.1, 0.15) is 11.5 Å². The van der Waals surface area contributed by atoms with Gasteiger partial charge in [0.25, 0.3) is 0 Å². The maximum atomic E-state index is 11.8. The summed E-state index contributed by atoms with van der Waals surface area (Å²) in [4.78, 5) is 11.8. The van der Waals surface area contributed by atoms with Crippen LogP contribution in [0.1, 0.15) is 39.9 Å². The number of fused-ring (bicyclic) bond motifs is 3. The number of halogens is 1. The lowest BCUT2D eigenvalue weighted by Gasteiger charge is -2.39. The Morgan fingerprint density at radius 1 is 1.22 bits per heavy atom. The first-order valence-electron chi connectivity index (χ1n) is 8.76. The Morgan fingerprint density at radius 2 is 2.04 bits per heavy atom. The van der Waals surface area contributed by atoms with Crippen LogP contribution in [0.15, 0.2) is 42.5 Å². The van der Waals surface area contributed by atoms with Crippen LogP contribution in [0.25, 0.3) is 0 Å². The molecule has 3 atom stereocenters. The fraction of sp³-hybridized carbons (Fsp3) is 0.286. The molecule has 0 saturated carbocycles. The summed E-state index contributed by atoms with van der Waals surface area (Å²) in [6.07, 6.45) is 5.04. The van der Waals surface area contributed by atoms with E-state index < -0.39 is 5.97 Å². The maximum Gasteiger partial charge on any atom is 0.336 e. The number of benzene rings is 2. The van der Waals surface area contributed by atoms with E-state index in [0.29, 0.717) is 16.3 Å². The number of hydrogen-bond acceptors (Lipinski definition) is 4. The van der Waals surface area contributed by atoms with Crippen molar-refractivity contribution in [2.75, 3.05) is 19.5 Å². The Morgan fingerprint density at radius 3 is 2.74 bits per heavy atom. The molecule has 4 rings (SSSR count). The van der Waals surface area contributed by atoms with Gasteiger partial charge >= 0.3 is 5.97 Å². The molecular weight excluding hydrogens is 366 g/mol. The lowest BCUT2D eigenvalue weighted by Crippen LogP contribution is -2.31. The third kappa shape index (κ3) is 2.82. The molecule has 0 amide bonds. The first-order valence-corrected chi connectivity index (χ1v) is 9.13. The fourth-order valence-corrected chi connectivity index (χ4v) is 4.47. The molecule has 5 nitrogen and oxygen atoms in total. The smallest absolute Gasteiger partial charge is 0.336 e. The number of rotatable bonds is 4. The van der Waals surface area contributed by atoms with Crippen molar-refractivity contribution < 1.29 is 19.4 Å². The number of allylic oxidation sites excluding steroid dienone is 2. The molecule has 2 aromatic carbocycles. The van der Waals surface area contributed by atoms with Crippen LogP contribution in [0.5, 0.6) is 11.5 Å². The number of ether oxygens (including phenoxy) is 2. The Bertz CT molecular complexity index is 940. The maximum absolute atomic E-state index is 11.8. The zero-order valence-corrected chi connectivity index (χ0v) is 15.8. The van der Waals surface area contributed by atoms with Crippen molar-refractivity contribution >= 4 is 23.3 Å². The van der Waals surface area contributed by atoms with Crippen molar-refractivity contribution in [2.45, 2.75) is 18.4 Å². The van der Waals surface area contributed by atoms with Crippen molar-refractivity contribution in [3.8, 4) is 11.5 Å². The molecular formula is C21H20ClNO4. The largest absolute Gasteiger partial charge is 0.497 e. The highest BCUT2D eigenvalue weighted by molar-refractivity contribution is 6.33. The van der Waals surface area contributed by atoms with Crippen molar-refractivity contribution in [2.24, 2.45) is 5.92 Å². The van der Waals surface area contributed by atoms with Crippen molar-refractivity contribution in [1.29, 1.82) is 0 Å². The number of carboxylic acids is 1. The average molecular weight is 386 g/mol. The van der Waals surface area contributed by atoms with Gasteiger partial charge in [0.15, 0.2) is 0 Å². The Hall–Kier alpha value is -2.66. The van der Waals surface area contributed by atoms with Crippen molar-refractivity contribution in [3.63, 3.8) is 0 Å². The molecule has 0 fully saturated rings. The third-order valence-electron chi connectivity index (χ3n) is 5.47. The molecule has 0 bridgehead atoms. The molecule has 6 heteroatoms. The van der Waals surface area contributed by atoms with Gasteiger partial charge in [-0.2, -0.15) is 0 Å².